The fourth-order valence-electron chi connectivity index (χ4n) is 7.48. The second-order valence-electron chi connectivity index (χ2n) is 12.3. The smallest absolute Gasteiger partial charge is 0.340 e. The summed E-state index contributed by atoms with van der Waals surface area (Å²) in [5, 5.41) is 12.2. The van der Waals surface area contributed by atoms with Gasteiger partial charge >= 0.3 is 5.97 Å². The zero-order valence-electron chi connectivity index (χ0n) is 23.9. The van der Waals surface area contributed by atoms with Gasteiger partial charge in [-0.25, -0.2) is 4.79 Å². The molecule has 7 nitrogen and oxygen atoms in total. The third kappa shape index (κ3) is 5.90. The fraction of sp³-hybridized carbons (Fsp3) is 0.606. The Kier molecular flexibility index (Phi) is 8.79. The Bertz CT molecular complexity index is 1240. The molecule has 1 N–H and O–H groups in total. The Morgan fingerprint density at radius 2 is 1.75 bits per heavy atom. The molecule has 1 aromatic heterocycles. The van der Waals surface area contributed by atoms with Crippen molar-refractivity contribution in [2.24, 2.45) is 11.3 Å². The van der Waals surface area contributed by atoms with Crippen LogP contribution in [0.2, 0.25) is 0 Å². The van der Waals surface area contributed by atoms with E-state index in [4.69, 9.17) is 4.74 Å². The molecule has 0 bridgehead atoms. The van der Waals surface area contributed by atoms with Crippen LogP contribution in [-0.2, 0) is 16.1 Å². The summed E-state index contributed by atoms with van der Waals surface area (Å²) >= 11 is 0. The van der Waals surface area contributed by atoms with Gasteiger partial charge in [-0.2, -0.15) is 0 Å². The average molecular weight is 549 g/mol. The van der Waals surface area contributed by atoms with E-state index in [0.29, 0.717) is 43.0 Å². The van der Waals surface area contributed by atoms with Crippen LogP contribution in [0, 0.1) is 11.3 Å². The summed E-state index contributed by atoms with van der Waals surface area (Å²) < 4.78 is 6.82. The number of likely N-dealkylation sites (tertiary alicyclic amines) is 1. The van der Waals surface area contributed by atoms with Gasteiger partial charge < -0.3 is 19.3 Å². The molecule has 5 rings (SSSR count). The minimum Gasteiger partial charge on any atom is -0.462 e. The molecule has 2 aliphatic carbocycles. The Hall–Kier alpha value is -2.93. The van der Waals surface area contributed by atoms with Gasteiger partial charge in [0.2, 0.25) is 5.91 Å². The SMILES string of the molecule is CCOC(=O)c1cn(CC2(O)CCN(C(=O)CCC3CCCCC3)CC23CCCC3)c(=O)cc1-c1ccccc1. The maximum atomic E-state index is 13.4. The molecule has 1 aliphatic heterocycles. The van der Waals surface area contributed by atoms with Gasteiger partial charge in [0.15, 0.2) is 0 Å². The first-order valence-corrected chi connectivity index (χ1v) is 15.3. The molecule has 1 atom stereocenters. The first-order chi connectivity index (χ1) is 19.3. The number of nitrogens with zero attached hydrogens (tertiary/aromatic N) is 2. The Morgan fingerprint density at radius 3 is 2.45 bits per heavy atom. The number of hydrogen-bond donors (Lipinski definition) is 1. The highest BCUT2D eigenvalue weighted by atomic mass is 16.5. The number of aromatic nitrogens is 1. The predicted octanol–water partition coefficient (Wildman–Crippen LogP) is 5.58. The highest BCUT2D eigenvalue weighted by molar-refractivity contribution is 5.96. The molecule has 216 valence electrons. The lowest BCUT2D eigenvalue weighted by Gasteiger charge is -2.52. The molecule has 1 unspecified atom stereocenters. The van der Waals surface area contributed by atoms with E-state index in [1.54, 1.807) is 13.1 Å². The maximum absolute atomic E-state index is 13.4. The quantitative estimate of drug-likeness (QED) is 0.436. The highest BCUT2D eigenvalue weighted by Gasteiger charge is 2.55. The molecule has 40 heavy (non-hydrogen) atoms. The lowest BCUT2D eigenvalue weighted by atomic mass is 9.65. The second-order valence-corrected chi connectivity index (χ2v) is 12.3. The van der Waals surface area contributed by atoms with Crippen molar-refractivity contribution in [3.8, 4) is 11.1 Å². The summed E-state index contributed by atoms with van der Waals surface area (Å²) in [6.45, 7) is 3.10. The van der Waals surface area contributed by atoms with Crippen molar-refractivity contribution < 1.29 is 19.4 Å². The summed E-state index contributed by atoms with van der Waals surface area (Å²) in [5.74, 6) is 0.378. The Balaban J connectivity index is 1.38. The number of piperidine rings is 1. The van der Waals surface area contributed by atoms with Crippen molar-refractivity contribution in [3.63, 3.8) is 0 Å². The van der Waals surface area contributed by atoms with Crippen molar-refractivity contribution in [3.05, 3.63) is 58.5 Å². The van der Waals surface area contributed by atoms with E-state index >= 15 is 0 Å². The summed E-state index contributed by atoms with van der Waals surface area (Å²) in [6.07, 6.45) is 13.6. The maximum Gasteiger partial charge on any atom is 0.340 e. The molecular formula is C33H44N2O5. The van der Waals surface area contributed by atoms with Crippen molar-refractivity contribution in [1.29, 1.82) is 0 Å². The number of aliphatic hydroxyl groups is 1. The molecule has 2 aromatic rings. The zero-order chi connectivity index (χ0) is 28.2. The van der Waals surface area contributed by atoms with Crippen LogP contribution >= 0.6 is 0 Å². The minimum atomic E-state index is -1.15. The third-order valence-corrected chi connectivity index (χ3v) is 9.82. The van der Waals surface area contributed by atoms with Crippen molar-refractivity contribution >= 4 is 11.9 Å². The van der Waals surface area contributed by atoms with Gasteiger partial charge in [0.05, 0.1) is 24.3 Å². The lowest BCUT2D eigenvalue weighted by Crippen LogP contribution is -2.62. The number of amides is 1. The lowest BCUT2D eigenvalue weighted by molar-refractivity contribution is -0.160. The number of carbonyl (C=O) groups excluding carboxylic acids is 2. The van der Waals surface area contributed by atoms with Crippen LogP contribution in [0.25, 0.3) is 11.1 Å². The third-order valence-electron chi connectivity index (χ3n) is 9.82. The van der Waals surface area contributed by atoms with Crippen LogP contribution in [0.5, 0.6) is 0 Å². The minimum absolute atomic E-state index is 0.0947. The number of ether oxygens (including phenoxy) is 1. The molecule has 1 saturated heterocycles. The first-order valence-electron chi connectivity index (χ1n) is 15.3. The van der Waals surface area contributed by atoms with Crippen LogP contribution in [-0.4, -0.2) is 51.7 Å². The van der Waals surface area contributed by atoms with Gasteiger partial charge in [0.25, 0.3) is 5.56 Å². The van der Waals surface area contributed by atoms with Crippen LogP contribution in [0.1, 0.15) is 94.3 Å². The summed E-state index contributed by atoms with van der Waals surface area (Å²) in [7, 11) is 0. The largest absolute Gasteiger partial charge is 0.462 e. The van der Waals surface area contributed by atoms with Gasteiger partial charge in [0, 0.05) is 42.8 Å². The number of rotatable bonds is 8. The van der Waals surface area contributed by atoms with Crippen molar-refractivity contribution in [2.75, 3.05) is 19.7 Å². The predicted molar refractivity (Wildman–Crippen MR) is 155 cm³/mol. The molecule has 1 amide bonds. The molecule has 1 spiro atoms. The van der Waals surface area contributed by atoms with E-state index in [2.05, 4.69) is 0 Å². The summed E-state index contributed by atoms with van der Waals surface area (Å²) in [4.78, 5) is 41.7. The summed E-state index contributed by atoms with van der Waals surface area (Å²) in [6, 6.07) is 10.8. The summed E-state index contributed by atoms with van der Waals surface area (Å²) in [5.41, 5.74) is -0.255. The number of carbonyl (C=O) groups is 2. The highest BCUT2D eigenvalue weighted by Crippen LogP contribution is 2.51. The molecular weight excluding hydrogens is 504 g/mol. The van der Waals surface area contributed by atoms with E-state index in [0.717, 1.165) is 37.7 Å². The van der Waals surface area contributed by atoms with Crippen LogP contribution in [0.3, 0.4) is 0 Å². The van der Waals surface area contributed by atoms with Gasteiger partial charge in [-0.3, -0.25) is 9.59 Å². The number of pyridine rings is 1. The Labute approximate surface area is 237 Å². The molecule has 2 heterocycles. The van der Waals surface area contributed by atoms with Gasteiger partial charge in [-0.1, -0.05) is 75.3 Å². The van der Waals surface area contributed by atoms with Crippen LogP contribution in [0.4, 0.5) is 0 Å². The van der Waals surface area contributed by atoms with Gasteiger partial charge in [-0.05, 0) is 44.1 Å². The topological polar surface area (TPSA) is 88.8 Å². The van der Waals surface area contributed by atoms with E-state index in [1.165, 1.54) is 42.7 Å². The molecule has 0 radical (unpaired) electrons. The Morgan fingerprint density at radius 1 is 1.02 bits per heavy atom. The molecule has 3 aliphatic rings. The number of hydrogen-bond acceptors (Lipinski definition) is 5. The van der Waals surface area contributed by atoms with E-state index in [1.807, 2.05) is 35.2 Å². The van der Waals surface area contributed by atoms with Gasteiger partial charge in [-0.15, -0.1) is 0 Å². The van der Waals surface area contributed by atoms with E-state index in [-0.39, 0.29) is 24.6 Å². The first kappa shape index (κ1) is 28.6. The number of esters is 1. The van der Waals surface area contributed by atoms with Gasteiger partial charge in [0.1, 0.15) is 0 Å². The average Bonchev–Trinajstić information content (AvgIpc) is 3.45. The standard InChI is InChI=1S/C33H44N2O5/c1-2-40-31(38)28-22-35(30(37)21-27(28)26-13-7-4-8-14-26)24-33(39)19-20-34(23-32(33)17-9-10-18-32)29(36)16-15-25-11-5-3-6-12-25/h4,7-8,13-14,21-22,25,39H,2-3,5-6,9-12,15-20,23-24H2,1H3. The van der Waals surface area contributed by atoms with Crippen molar-refractivity contribution in [1.82, 2.24) is 9.47 Å². The number of benzene rings is 1. The molecule has 7 heteroatoms. The van der Waals surface area contributed by atoms with Crippen molar-refractivity contribution in [2.45, 2.75) is 96.1 Å². The molecule has 1 aromatic carbocycles. The normalized spacial score (nSPS) is 22.9. The van der Waals surface area contributed by atoms with E-state index in [9.17, 15) is 19.5 Å². The van der Waals surface area contributed by atoms with Crippen LogP contribution < -0.4 is 5.56 Å². The van der Waals surface area contributed by atoms with Crippen LogP contribution in [0.15, 0.2) is 47.4 Å². The second kappa shape index (κ2) is 12.3. The van der Waals surface area contributed by atoms with E-state index < -0.39 is 17.0 Å². The zero-order valence-corrected chi connectivity index (χ0v) is 23.9. The molecule has 3 fully saturated rings. The monoisotopic (exact) mass is 548 g/mol. The molecule has 2 saturated carbocycles. The fourth-order valence-corrected chi connectivity index (χ4v) is 7.48.